The maximum Gasteiger partial charge on any atom is 0.222 e. The smallest absolute Gasteiger partial charge is 0.222 e. The second-order valence-electron chi connectivity index (χ2n) is 7.55. The van der Waals surface area contributed by atoms with Crippen molar-refractivity contribution in [3.05, 3.63) is 18.0 Å². The normalized spacial score (nSPS) is 36.9. The van der Waals surface area contributed by atoms with Crippen molar-refractivity contribution in [3.63, 3.8) is 0 Å². The molecule has 4 bridgehead atoms. The zero-order valence-electron chi connectivity index (χ0n) is 12.8. The molecule has 4 aliphatic rings. The van der Waals surface area contributed by atoms with Gasteiger partial charge in [0.1, 0.15) is 0 Å². The van der Waals surface area contributed by atoms with E-state index in [1.165, 1.54) is 32.1 Å². The molecule has 0 spiro atoms. The maximum absolute atomic E-state index is 12.3. The van der Waals surface area contributed by atoms with Gasteiger partial charge in [0.05, 0.1) is 6.20 Å². The molecule has 4 saturated carbocycles. The second-order valence-corrected chi connectivity index (χ2v) is 7.55. The van der Waals surface area contributed by atoms with Gasteiger partial charge in [-0.15, -0.1) is 0 Å². The number of amides is 1. The summed E-state index contributed by atoms with van der Waals surface area (Å²) in [4.78, 5) is 12.3. The molecule has 21 heavy (non-hydrogen) atoms. The van der Waals surface area contributed by atoms with Crippen molar-refractivity contribution in [1.29, 1.82) is 0 Å². The molecule has 1 heterocycles. The molecule has 0 atom stereocenters. The van der Waals surface area contributed by atoms with Gasteiger partial charge in [0.25, 0.3) is 0 Å². The monoisotopic (exact) mass is 287 g/mol. The Balaban J connectivity index is 1.32. The molecule has 1 N–H and O–H groups in total. The summed E-state index contributed by atoms with van der Waals surface area (Å²) in [5.41, 5.74) is 1.15. The van der Waals surface area contributed by atoms with Crippen LogP contribution in [0.25, 0.3) is 0 Å². The van der Waals surface area contributed by atoms with Crippen LogP contribution in [0.3, 0.4) is 0 Å². The van der Waals surface area contributed by atoms with Gasteiger partial charge in [-0.25, -0.2) is 0 Å². The van der Waals surface area contributed by atoms with Gasteiger partial charge >= 0.3 is 0 Å². The molecular weight excluding hydrogens is 262 g/mol. The quantitative estimate of drug-likeness (QED) is 0.925. The first kappa shape index (κ1) is 13.4. The minimum atomic E-state index is 0.209. The van der Waals surface area contributed by atoms with E-state index in [1.807, 2.05) is 24.0 Å². The van der Waals surface area contributed by atoms with Gasteiger partial charge in [-0.05, 0) is 68.3 Å². The fraction of sp³-hybridized carbons (Fsp3) is 0.765. The molecule has 114 valence electrons. The Labute approximate surface area is 126 Å². The van der Waals surface area contributed by atoms with E-state index in [1.54, 1.807) is 0 Å². The molecule has 4 nitrogen and oxygen atoms in total. The minimum Gasteiger partial charge on any atom is -0.353 e. The van der Waals surface area contributed by atoms with E-state index in [-0.39, 0.29) is 5.91 Å². The molecule has 1 aromatic heterocycles. The van der Waals surface area contributed by atoms with Crippen molar-refractivity contribution in [2.45, 2.75) is 58.0 Å². The highest BCUT2D eigenvalue weighted by Gasteiger charge is 2.48. The first-order valence-electron chi connectivity index (χ1n) is 8.46. The molecule has 0 saturated heterocycles. The zero-order chi connectivity index (χ0) is 14.4. The summed E-state index contributed by atoms with van der Waals surface area (Å²) in [6, 6.07) is 0.463. The third kappa shape index (κ3) is 2.60. The number of rotatable bonds is 4. The van der Waals surface area contributed by atoms with Crippen molar-refractivity contribution in [2.75, 3.05) is 0 Å². The minimum absolute atomic E-state index is 0.209. The summed E-state index contributed by atoms with van der Waals surface area (Å²) in [6.07, 6.45) is 11.3. The van der Waals surface area contributed by atoms with Gasteiger partial charge in [0, 0.05) is 25.2 Å². The molecular formula is C17H25N3O. The van der Waals surface area contributed by atoms with Crippen LogP contribution in [0.2, 0.25) is 0 Å². The fourth-order valence-electron chi connectivity index (χ4n) is 5.22. The van der Waals surface area contributed by atoms with Crippen LogP contribution < -0.4 is 5.32 Å². The van der Waals surface area contributed by atoms with Crippen molar-refractivity contribution in [1.82, 2.24) is 15.1 Å². The van der Waals surface area contributed by atoms with E-state index in [0.717, 1.165) is 29.2 Å². The molecule has 0 unspecified atom stereocenters. The average molecular weight is 287 g/mol. The van der Waals surface area contributed by atoms with E-state index >= 15 is 0 Å². The van der Waals surface area contributed by atoms with Crippen molar-refractivity contribution in [2.24, 2.45) is 23.7 Å². The standard InChI is InChI=1S/C17H25N3O/c1-11-9-18-20(10-11)3-2-16(21)19-17-14-5-12-4-13(7-14)8-15(17)6-12/h9-10,12-15,17H,2-8H2,1H3,(H,19,21). The number of hydrogen-bond acceptors (Lipinski definition) is 2. The van der Waals surface area contributed by atoms with E-state index in [4.69, 9.17) is 0 Å². The first-order chi connectivity index (χ1) is 10.2. The number of carbonyl (C=O) groups excluding carboxylic acids is 1. The lowest BCUT2D eigenvalue weighted by Crippen LogP contribution is -2.55. The third-order valence-electron chi connectivity index (χ3n) is 5.88. The Bertz CT molecular complexity index is 508. The number of hydrogen-bond donors (Lipinski definition) is 1. The van der Waals surface area contributed by atoms with Gasteiger partial charge in [0.15, 0.2) is 0 Å². The summed E-state index contributed by atoms with van der Waals surface area (Å²) in [7, 11) is 0. The van der Waals surface area contributed by atoms with Gasteiger partial charge < -0.3 is 5.32 Å². The third-order valence-corrected chi connectivity index (χ3v) is 5.88. The predicted octanol–water partition coefficient (Wildman–Crippen LogP) is 2.52. The highest BCUT2D eigenvalue weighted by Crippen LogP contribution is 2.53. The SMILES string of the molecule is Cc1cnn(CCC(=O)NC2C3CC4CC(C3)CC2C4)c1. The van der Waals surface area contributed by atoms with E-state index in [9.17, 15) is 4.79 Å². The molecule has 4 heteroatoms. The van der Waals surface area contributed by atoms with Gasteiger partial charge in [-0.1, -0.05) is 0 Å². The number of nitrogens with zero attached hydrogens (tertiary/aromatic N) is 2. The lowest BCUT2D eigenvalue weighted by Gasteiger charge is -2.54. The van der Waals surface area contributed by atoms with Crippen molar-refractivity contribution < 1.29 is 4.79 Å². The zero-order valence-corrected chi connectivity index (χ0v) is 12.8. The van der Waals surface area contributed by atoms with Gasteiger partial charge in [0.2, 0.25) is 5.91 Å². The molecule has 1 amide bonds. The maximum atomic E-state index is 12.3. The summed E-state index contributed by atoms with van der Waals surface area (Å²) < 4.78 is 1.87. The van der Waals surface area contributed by atoms with Crippen LogP contribution >= 0.6 is 0 Å². The lowest BCUT2D eigenvalue weighted by atomic mass is 9.54. The predicted molar refractivity (Wildman–Crippen MR) is 80.6 cm³/mol. The van der Waals surface area contributed by atoms with Gasteiger partial charge in [-0.3, -0.25) is 9.48 Å². The van der Waals surface area contributed by atoms with Crippen LogP contribution in [-0.4, -0.2) is 21.7 Å². The van der Waals surface area contributed by atoms with Crippen molar-refractivity contribution in [3.8, 4) is 0 Å². The van der Waals surface area contributed by atoms with Crippen LogP contribution in [0, 0.1) is 30.6 Å². The Kier molecular flexibility index (Phi) is 3.27. The Hall–Kier alpha value is -1.32. The van der Waals surface area contributed by atoms with E-state index in [2.05, 4.69) is 10.4 Å². The average Bonchev–Trinajstić information content (AvgIpc) is 2.85. The number of carbonyl (C=O) groups is 1. The Morgan fingerprint density at radius 1 is 1.24 bits per heavy atom. The first-order valence-corrected chi connectivity index (χ1v) is 8.46. The highest BCUT2D eigenvalue weighted by atomic mass is 16.1. The topological polar surface area (TPSA) is 46.9 Å². The summed E-state index contributed by atoms with van der Waals surface area (Å²) in [6.45, 7) is 2.71. The van der Waals surface area contributed by atoms with Crippen LogP contribution in [0.15, 0.2) is 12.4 Å². The lowest BCUT2D eigenvalue weighted by molar-refractivity contribution is -0.125. The van der Waals surface area contributed by atoms with Crippen molar-refractivity contribution >= 4 is 5.91 Å². The Morgan fingerprint density at radius 3 is 2.48 bits per heavy atom. The number of aryl methyl sites for hydroxylation is 2. The van der Waals surface area contributed by atoms with Crippen LogP contribution in [-0.2, 0) is 11.3 Å². The summed E-state index contributed by atoms with van der Waals surface area (Å²) in [5, 5.41) is 7.60. The summed E-state index contributed by atoms with van der Waals surface area (Å²) >= 11 is 0. The largest absolute Gasteiger partial charge is 0.353 e. The van der Waals surface area contributed by atoms with Crippen LogP contribution in [0.1, 0.15) is 44.1 Å². The number of aromatic nitrogens is 2. The second kappa shape index (κ2) is 5.15. The Morgan fingerprint density at radius 2 is 1.90 bits per heavy atom. The van der Waals surface area contributed by atoms with Crippen LogP contribution in [0.4, 0.5) is 0 Å². The molecule has 5 rings (SSSR count). The van der Waals surface area contributed by atoms with Gasteiger partial charge in [-0.2, -0.15) is 5.10 Å². The molecule has 0 aromatic carbocycles. The molecule has 0 aliphatic heterocycles. The molecule has 0 radical (unpaired) electrons. The van der Waals surface area contributed by atoms with E-state index < -0.39 is 0 Å². The molecule has 4 aliphatic carbocycles. The fourth-order valence-corrected chi connectivity index (χ4v) is 5.22. The number of nitrogens with one attached hydrogen (secondary N) is 1. The molecule has 1 aromatic rings. The highest BCUT2D eigenvalue weighted by molar-refractivity contribution is 5.76. The molecule has 4 fully saturated rings. The summed E-state index contributed by atoms with van der Waals surface area (Å²) in [5.74, 6) is 3.66. The van der Waals surface area contributed by atoms with E-state index in [0.29, 0.717) is 19.0 Å². The van der Waals surface area contributed by atoms with Crippen LogP contribution in [0.5, 0.6) is 0 Å².